The molecule has 2 aromatic rings. The zero-order valence-corrected chi connectivity index (χ0v) is 51.1. The van der Waals surface area contributed by atoms with Crippen LogP contribution in [0.1, 0.15) is 130 Å². The molecule has 0 bridgehead atoms. The van der Waals surface area contributed by atoms with Crippen LogP contribution in [0.2, 0.25) is 0 Å². The molecule has 26 heteroatoms. The van der Waals surface area contributed by atoms with Crippen molar-refractivity contribution in [2.75, 3.05) is 64.2 Å². The summed E-state index contributed by atoms with van der Waals surface area (Å²) in [6, 6.07) is 4.39. The van der Waals surface area contributed by atoms with Crippen LogP contribution in [0.25, 0.3) is 0 Å². The molecule has 3 aliphatic heterocycles. The van der Waals surface area contributed by atoms with Gasteiger partial charge in [0.1, 0.15) is 45.7 Å². The first-order valence-electron chi connectivity index (χ1n) is 26.6. The largest absolute Gasteiger partial charge is 0.480 e. The second-order valence-corrected chi connectivity index (χ2v) is 25.8. The number of benzene rings is 1. The first-order valence-corrected chi connectivity index (χ1v) is 27.0. The van der Waals surface area contributed by atoms with Gasteiger partial charge < -0.3 is 58.1 Å². The predicted octanol–water partition coefficient (Wildman–Crippen LogP) is 8.26. The Morgan fingerprint density at radius 3 is 1.21 bits per heavy atom. The Balaban J connectivity index is 0.000000331. The average Bonchev–Trinajstić information content (AvgIpc) is 3.81. The molecule has 3 unspecified atom stereocenters. The van der Waals surface area contributed by atoms with Crippen molar-refractivity contribution in [3.63, 3.8) is 0 Å². The van der Waals surface area contributed by atoms with Crippen molar-refractivity contribution in [3.05, 3.63) is 48.5 Å². The molecule has 3 saturated heterocycles. The van der Waals surface area contributed by atoms with E-state index in [4.69, 9.17) is 40.0 Å². The summed E-state index contributed by atoms with van der Waals surface area (Å²) in [5, 5.41) is 11.5. The molecule has 3 fully saturated rings. The van der Waals surface area contributed by atoms with E-state index in [9.17, 15) is 48.3 Å². The molecule has 3 aliphatic rings. The second kappa shape index (κ2) is 27.6. The lowest BCUT2D eigenvalue weighted by Gasteiger charge is -2.41. The van der Waals surface area contributed by atoms with Crippen LogP contribution >= 0.6 is 11.6 Å². The Labute approximate surface area is 480 Å². The van der Waals surface area contributed by atoms with Gasteiger partial charge in [-0.15, -0.1) is 0 Å². The summed E-state index contributed by atoms with van der Waals surface area (Å²) in [6.07, 6.45) is 1.70. The highest BCUT2D eigenvalue weighted by molar-refractivity contribution is 6.64. The highest BCUT2D eigenvalue weighted by Gasteiger charge is 2.43. The van der Waals surface area contributed by atoms with E-state index in [1.54, 1.807) is 143 Å². The van der Waals surface area contributed by atoms with Crippen molar-refractivity contribution in [2.45, 2.75) is 183 Å². The molecule has 7 amide bonds. The number of hydrogen-bond acceptors (Lipinski definition) is 16. The third-order valence-electron chi connectivity index (χ3n) is 10.9. The highest BCUT2D eigenvalue weighted by Crippen LogP contribution is 2.24. The lowest BCUT2D eigenvalue weighted by Crippen LogP contribution is -2.61. The maximum Gasteiger partial charge on any atom is 0.411 e. The molecule has 454 valence electrons. The molecule has 0 radical (unpaired) electrons. The van der Waals surface area contributed by atoms with Crippen LogP contribution in [0.5, 0.6) is 0 Å². The molecule has 0 saturated carbocycles. The molecular weight excluding hydrogens is 1080 g/mol. The van der Waals surface area contributed by atoms with Crippen molar-refractivity contribution >= 4 is 71.0 Å². The summed E-state index contributed by atoms with van der Waals surface area (Å²) in [5.74, 6) is -1.60. The number of aliphatic carboxylic acids is 1. The molecule has 1 aromatic carbocycles. The third-order valence-corrected chi connectivity index (χ3v) is 11.2. The lowest BCUT2D eigenvalue weighted by molar-refractivity contribution is -0.145. The van der Waals surface area contributed by atoms with Crippen LogP contribution in [0.4, 0.5) is 34.5 Å². The molecule has 3 atom stereocenters. The number of piperazine rings is 3. The van der Waals surface area contributed by atoms with Gasteiger partial charge in [-0.3, -0.25) is 24.3 Å². The smallest absolute Gasteiger partial charge is 0.411 e. The Kier molecular flexibility index (Phi) is 23.3. The normalized spacial score (nSPS) is 18.1. The number of carboxylic acids is 1. The summed E-state index contributed by atoms with van der Waals surface area (Å²) in [6.45, 7) is 32.9. The minimum absolute atomic E-state index is 0.00524. The van der Waals surface area contributed by atoms with Gasteiger partial charge in [0, 0.05) is 63.9 Å². The maximum atomic E-state index is 13.4. The number of carbonyl (C=O) groups is 9. The molecule has 2 N–H and O–H groups in total. The molecule has 5 rings (SSSR count). The number of carbonyl (C=O) groups excluding carboxylic acids is 8. The standard InChI is InChI=1S/C25H35N5O5.C15H25ClN2O5.C15H26N2O6/c1-24(2,3)34-22(32)29-12-13-30(23(33)35-25(4,5)6)20(16-29)21(31)27-19-9-7-8-18(14-19)15-28-11-10-26-17-28;1-14(2,3)22-12(20)17-7-8-18(10(9-17)11(16)19)13(21)23-15(4,5)6;1-14(2,3)22-12(20)16-7-8-17(10(9-16)11(18)19)13(21)23-15(4,5)6/h7-11,14,17,20H,12-13,15-16H2,1-6H3,(H,27,31);10H,7-9H2,1-6H3;10H,7-9H2,1-6H3,(H,18,19). The van der Waals surface area contributed by atoms with Crippen molar-refractivity contribution in [3.8, 4) is 0 Å². The van der Waals surface area contributed by atoms with Crippen LogP contribution in [-0.2, 0) is 49.3 Å². The van der Waals surface area contributed by atoms with E-state index < -0.39 is 105 Å². The van der Waals surface area contributed by atoms with Crippen LogP contribution in [-0.4, -0.2) is 208 Å². The molecular formula is C55H86ClN9O16. The number of imidazole rings is 1. The van der Waals surface area contributed by atoms with E-state index in [1.807, 2.05) is 29.0 Å². The zero-order chi connectivity index (χ0) is 61.8. The van der Waals surface area contributed by atoms with Crippen molar-refractivity contribution in [1.82, 2.24) is 39.0 Å². The van der Waals surface area contributed by atoms with Crippen LogP contribution in [0, 0.1) is 0 Å². The number of amides is 7. The fourth-order valence-corrected chi connectivity index (χ4v) is 7.82. The van der Waals surface area contributed by atoms with E-state index in [-0.39, 0.29) is 58.9 Å². The van der Waals surface area contributed by atoms with Gasteiger partial charge >= 0.3 is 42.5 Å². The predicted molar refractivity (Wildman–Crippen MR) is 299 cm³/mol. The van der Waals surface area contributed by atoms with Gasteiger partial charge in [0.05, 0.1) is 26.0 Å². The Morgan fingerprint density at radius 2 is 0.864 bits per heavy atom. The van der Waals surface area contributed by atoms with Crippen LogP contribution in [0.3, 0.4) is 0 Å². The van der Waals surface area contributed by atoms with Crippen molar-refractivity contribution < 1.29 is 76.7 Å². The fraction of sp³-hybridized carbons (Fsp3) is 0.673. The van der Waals surface area contributed by atoms with Crippen molar-refractivity contribution in [2.24, 2.45) is 0 Å². The third kappa shape index (κ3) is 24.3. The number of nitrogens with one attached hydrogen (secondary N) is 1. The quantitative estimate of drug-likeness (QED) is 0.203. The fourth-order valence-electron chi connectivity index (χ4n) is 7.64. The Hall–Kier alpha value is -7.05. The first kappa shape index (κ1) is 68.2. The number of nitrogens with zero attached hydrogens (tertiary/aromatic N) is 8. The molecule has 0 aliphatic carbocycles. The summed E-state index contributed by atoms with van der Waals surface area (Å²) in [7, 11) is 0. The Bertz CT molecular complexity index is 2430. The Morgan fingerprint density at radius 1 is 0.519 bits per heavy atom. The van der Waals surface area contributed by atoms with Gasteiger partial charge in [-0.05, 0) is 154 Å². The molecule has 4 heterocycles. The first-order chi connectivity index (χ1) is 36.9. The zero-order valence-electron chi connectivity index (χ0n) is 50.4. The second-order valence-electron chi connectivity index (χ2n) is 25.4. The van der Waals surface area contributed by atoms with Crippen LogP contribution in [0.15, 0.2) is 43.0 Å². The highest BCUT2D eigenvalue weighted by atomic mass is 35.5. The van der Waals surface area contributed by atoms with E-state index in [0.29, 0.717) is 12.2 Å². The van der Waals surface area contributed by atoms with E-state index >= 15 is 0 Å². The lowest BCUT2D eigenvalue weighted by atomic mass is 10.1. The summed E-state index contributed by atoms with van der Waals surface area (Å²) >= 11 is 5.60. The maximum absolute atomic E-state index is 13.4. The average molecular weight is 1160 g/mol. The van der Waals surface area contributed by atoms with Gasteiger partial charge in [-0.25, -0.2) is 38.5 Å². The van der Waals surface area contributed by atoms with E-state index in [2.05, 4.69) is 10.3 Å². The molecule has 1 aromatic heterocycles. The number of carboxylic acid groups (broad SMARTS) is 1. The number of rotatable bonds is 6. The van der Waals surface area contributed by atoms with E-state index in [1.165, 1.54) is 24.5 Å². The van der Waals surface area contributed by atoms with E-state index in [0.717, 1.165) is 10.5 Å². The summed E-state index contributed by atoms with van der Waals surface area (Å²) < 4.78 is 33.9. The van der Waals surface area contributed by atoms with Gasteiger partial charge in [0.2, 0.25) is 11.1 Å². The molecule has 0 spiro atoms. The van der Waals surface area contributed by atoms with Gasteiger partial charge in [0.25, 0.3) is 0 Å². The minimum atomic E-state index is -1.19. The van der Waals surface area contributed by atoms with Gasteiger partial charge in [0.15, 0.2) is 6.04 Å². The minimum Gasteiger partial charge on any atom is -0.480 e. The number of hydrogen-bond donors (Lipinski definition) is 2. The summed E-state index contributed by atoms with van der Waals surface area (Å²) in [4.78, 5) is 122. The number of halogens is 1. The van der Waals surface area contributed by atoms with Gasteiger partial charge in [-0.2, -0.15) is 0 Å². The summed E-state index contributed by atoms with van der Waals surface area (Å²) in [5.41, 5.74) is -2.54. The molecule has 25 nitrogen and oxygen atoms in total. The number of aromatic nitrogens is 2. The number of anilines is 1. The van der Waals surface area contributed by atoms with Crippen molar-refractivity contribution in [1.29, 1.82) is 0 Å². The van der Waals surface area contributed by atoms with Gasteiger partial charge in [-0.1, -0.05) is 12.1 Å². The van der Waals surface area contributed by atoms with Crippen LogP contribution < -0.4 is 5.32 Å². The molecule has 81 heavy (non-hydrogen) atoms. The monoisotopic (exact) mass is 1160 g/mol. The number of ether oxygens (including phenoxy) is 6. The topological polar surface area (TPSA) is 279 Å². The SMILES string of the molecule is CC(C)(C)OC(=O)N1CCN(C(=O)OC(C)(C)C)C(C(=O)Cl)C1.CC(C)(C)OC(=O)N1CCN(C(=O)OC(C)(C)C)C(C(=O)Nc2cccc(Cn3ccnc3)c2)C1.CC(C)(C)OC(=O)N1CCN(C(=O)OC(C)(C)C)C(C(=O)O)C1.